The summed E-state index contributed by atoms with van der Waals surface area (Å²) in [6.07, 6.45) is 0. The van der Waals surface area contributed by atoms with Crippen molar-refractivity contribution in [3.63, 3.8) is 0 Å². The van der Waals surface area contributed by atoms with Gasteiger partial charge in [0.2, 0.25) is 5.75 Å². The number of ether oxygens (including phenoxy) is 4. The Labute approximate surface area is 139 Å². The van der Waals surface area contributed by atoms with E-state index in [9.17, 15) is 0 Å². The molecule has 0 radical (unpaired) electrons. The third-order valence-corrected chi connectivity index (χ3v) is 3.41. The molecule has 0 spiro atoms. The molecule has 22 heavy (non-hydrogen) atoms. The van der Waals surface area contributed by atoms with Gasteiger partial charge in [-0.25, -0.2) is 0 Å². The highest BCUT2D eigenvalue weighted by molar-refractivity contribution is 6.34. The van der Waals surface area contributed by atoms with Gasteiger partial charge >= 0.3 is 0 Å². The van der Waals surface area contributed by atoms with Crippen LogP contribution < -0.4 is 18.9 Å². The van der Waals surface area contributed by atoms with Gasteiger partial charge in [0, 0.05) is 11.1 Å². The van der Waals surface area contributed by atoms with Gasteiger partial charge in [0.25, 0.3) is 0 Å². The van der Waals surface area contributed by atoms with Gasteiger partial charge in [-0.1, -0.05) is 29.3 Å². The third-order valence-electron chi connectivity index (χ3n) is 2.86. The number of hydrogen-bond acceptors (Lipinski definition) is 4. The number of methoxy groups -OCH3 is 2. The lowest BCUT2D eigenvalue weighted by molar-refractivity contribution is 0.205. The molecule has 2 aromatic carbocycles. The Morgan fingerprint density at radius 1 is 0.818 bits per heavy atom. The molecule has 4 nitrogen and oxygen atoms in total. The molecule has 0 amide bonds. The average Bonchev–Trinajstić information content (AvgIpc) is 2.54. The molecular weight excluding hydrogens is 327 g/mol. The minimum absolute atomic E-state index is 0.305. The molecule has 0 aromatic heterocycles. The number of benzene rings is 2. The molecule has 0 saturated heterocycles. The topological polar surface area (TPSA) is 36.9 Å². The zero-order chi connectivity index (χ0) is 15.9. The molecule has 0 atom stereocenters. The summed E-state index contributed by atoms with van der Waals surface area (Å²) in [5.74, 6) is 2.25. The quantitative estimate of drug-likeness (QED) is 0.695. The van der Waals surface area contributed by atoms with Crippen molar-refractivity contribution in [1.29, 1.82) is 0 Å². The maximum Gasteiger partial charge on any atom is 0.203 e. The fourth-order valence-corrected chi connectivity index (χ4v) is 2.18. The Hall–Kier alpha value is -1.78. The molecule has 0 aliphatic rings. The highest BCUT2D eigenvalue weighted by Crippen LogP contribution is 2.36. The van der Waals surface area contributed by atoms with E-state index in [1.165, 1.54) is 0 Å². The van der Waals surface area contributed by atoms with Gasteiger partial charge in [0.05, 0.1) is 19.2 Å². The first-order chi connectivity index (χ1) is 10.7. The molecule has 0 heterocycles. The summed E-state index contributed by atoms with van der Waals surface area (Å²) in [6.45, 7) is 0.612. The number of halogens is 2. The largest absolute Gasteiger partial charge is 0.493 e. The molecule has 2 aromatic rings. The molecular formula is C16H16Cl2O4. The van der Waals surface area contributed by atoms with E-state index in [0.29, 0.717) is 46.3 Å². The van der Waals surface area contributed by atoms with Crippen molar-refractivity contribution >= 4 is 23.2 Å². The minimum Gasteiger partial charge on any atom is -0.493 e. The molecule has 0 bridgehead atoms. The Kier molecular flexibility index (Phi) is 6.04. The van der Waals surface area contributed by atoms with Gasteiger partial charge < -0.3 is 18.9 Å². The fourth-order valence-electron chi connectivity index (χ4n) is 1.84. The smallest absolute Gasteiger partial charge is 0.203 e. The van der Waals surface area contributed by atoms with E-state index in [4.69, 9.17) is 42.1 Å². The van der Waals surface area contributed by atoms with Crippen molar-refractivity contribution in [2.45, 2.75) is 0 Å². The van der Waals surface area contributed by atoms with Gasteiger partial charge in [-0.15, -0.1) is 0 Å². The summed E-state index contributed by atoms with van der Waals surface area (Å²) in [7, 11) is 3.15. The SMILES string of the molecule is COc1cccc(OC)c1OCCOc1cc(Cl)ccc1Cl. The van der Waals surface area contributed by atoms with Crippen molar-refractivity contribution < 1.29 is 18.9 Å². The number of rotatable bonds is 7. The van der Waals surface area contributed by atoms with Crippen LogP contribution in [0.2, 0.25) is 10.0 Å². The van der Waals surface area contributed by atoms with E-state index in [2.05, 4.69) is 0 Å². The van der Waals surface area contributed by atoms with Crippen LogP contribution in [0.3, 0.4) is 0 Å². The minimum atomic E-state index is 0.305. The number of para-hydroxylation sites is 1. The second-order valence-corrected chi connectivity index (χ2v) is 5.11. The van der Waals surface area contributed by atoms with Gasteiger partial charge in [-0.05, 0) is 24.3 Å². The van der Waals surface area contributed by atoms with Crippen LogP contribution in [0.4, 0.5) is 0 Å². The molecule has 0 N–H and O–H groups in total. The lowest BCUT2D eigenvalue weighted by Gasteiger charge is -2.14. The van der Waals surface area contributed by atoms with Crippen LogP contribution in [0.25, 0.3) is 0 Å². The van der Waals surface area contributed by atoms with E-state index in [1.54, 1.807) is 44.6 Å². The second kappa shape index (κ2) is 8.01. The van der Waals surface area contributed by atoms with Crippen LogP contribution in [-0.2, 0) is 0 Å². The first kappa shape index (κ1) is 16.6. The van der Waals surface area contributed by atoms with Crippen LogP contribution in [0.5, 0.6) is 23.0 Å². The van der Waals surface area contributed by atoms with Gasteiger partial charge in [-0.2, -0.15) is 0 Å². The summed E-state index contributed by atoms with van der Waals surface area (Å²) in [5.41, 5.74) is 0. The van der Waals surface area contributed by atoms with Crippen LogP contribution in [0.1, 0.15) is 0 Å². The third kappa shape index (κ3) is 4.12. The fraction of sp³-hybridized carbons (Fsp3) is 0.250. The molecule has 118 valence electrons. The first-order valence-corrected chi connectivity index (χ1v) is 7.33. The summed E-state index contributed by atoms with van der Waals surface area (Å²) in [4.78, 5) is 0. The lowest BCUT2D eigenvalue weighted by atomic mass is 10.3. The van der Waals surface area contributed by atoms with E-state index in [0.717, 1.165) is 0 Å². The monoisotopic (exact) mass is 342 g/mol. The average molecular weight is 343 g/mol. The van der Waals surface area contributed by atoms with E-state index in [-0.39, 0.29) is 0 Å². The molecule has 0 fully saturated rings. The van der Waals surface area contributed by atoms with Crippen molar-refractivity contribution in [2.24, 2.45) is 0 Å². The second-order valence-electron chi connectivity index (χ2n) is 4.26. The zero-order valence-corrected chi connectivity index (χ0v) is 13.8. The summed E-state index contributed by atoms with van der Waals surface area (Å²) in [6, 6.07) is 10.5. The molecule has 0 aliphatic carbocycles. The Balaban J connectivity index is 1.95. The van der Waals surface area contributed by atoms with E-state index >= 15 is 0 Å². The van der Waals surface area contributed by atoms with Gasteiger partial charge in [-0.3, -0.25) is 0 Å². The number of hydrogen-bond donors (Lipinski definition) is 0. The standard InChI is InChI=1S/C16H16Cl2O4/c1-19-13-4-3-5-14(20-2)16(13)22-9-8-21-15-10-11(17)6-7-12(15)18/h3-7,10H,8-9H2,1-2H3. The summed E-state index contributed by atoms with van der Waals surface area (Å²) < 4.78 is 21.8. The highest BCUT2D eigenvalue weighted by atomic mass is 35.5. The maximum absolute atomic E-state index is 6.02. The molecule has 0 saturated carbocycles. The molecule has 0 aliphatic heterocycles. The van der Waals surface area contributed by atoms with Crippen molar-refractivity contribution in [3.8, 4) is 23.0 Å². The van der Waals surface area contributed by atoms with Gasteiger partial charge in [0.1, 0.15) is 19.0 Å². The Bertz CT molecular complexity index is 609. The maximum atomic E-state index is 6.02. The normalized spacial score (nSPS) is 10.2. The van der Waals surface area contributed by atoms with Crippen LogP contribution in [0.15, 0.2) is 36.4 Å². The summed E-state index contributed by atoms with van der Waals surface area (Å²) >= 11 is 11.9. The van der Waals surface area contributed by atoms with E-state index < -0.39 is 0 Å². The van der Waals surface area contributed by atoms with Crippen LogP contribution in [-0.4, -0.2) is 27.4 Å². The predicted molar refractivity (Wildman–Crippen MR) is 87.0 cm³/mol. The van der Waals surface area contributed by atoms with Crippen molar-refractivity contribution in [2.75, 3.05) is 27.4 Å². The van der Waals surface area contributed by atoms with Crippen LogP contribution >= 0.6 is 23.2 Å². The van der Waals surface area contributed by atoms with Crippen molar-refractivity contribution in [3.05, 3.63) is 46.4 Å². The molecule has 6 heteroatoms. The first-order valence-electron chi connectivity index (χ1n) is 6.57. The predicted octanol–water partition coefficient (Wildman–Crippen LogP) is 4.47. The van der Waals surface area contributed by atoms with Crippen LogP contribution in [0, 0.1) is 0 Å². The highest BCUT2D eigenvalue weighted by Gasteiger charge is 2.11. The van der Waals surface area contributed by atoms with E-state index in [1.807, 2.05) is 6.07 Å². The Morgan fingerprint density at radius 3 is 2.09 bits per heavy atom. The molecule has 2 rings (SSSR count). The van der Waals surface area contributed by atoms with Crippen molar-refractivity contribution in [1.82, 2.24) is 0 Å². The summed E-state index contributed by atoms with van der Waals surface area (Å²) in [5, 5.41) is 1.06. The Morgan fingerprint density at radius 2 is 1.45 bits per heavy atom. The lowest BCUT2D eigenvalue weighted by Crippen LogP contribution is -2.10. The zero-order valence-electron chi connectivity index (χ0n) is 12.3. The molecule has 0 unspecified atom stereocenters. The van der Waals surface area contributed by atoms with Gasteiger partial charge in [0.15, 0.2) is 11.5 Å².